The van der Waals surface area contributed by atoms with Crippen LogP contribution in [0, 0.1) is 6.92 Å². The Balaban J connectivity index is 1.54. The molecule has 7 heteroatoms. The number of rotatable bonds is 6. The van der Waals surface area contributed by atoms with Crippen molar-refractivity contribution in [3.05, 3.63) is 45.8 Å². The SMILES string of the molecule is Cc1nc(C(C)C)sc1C(=O)NCCCc1nnc2ccccn12. The Morgan fingerprint density at radius 1 is 1.33 bits per heavy atom. The van der Waals surface area contributed by atoms with Crippen LogP contribution in [-0.4, -0.2) is 32.0 Å². The van der Waals surface area contributed by atoms with Crippen LogP contribution in [0.2, 0.25) is 0 Å². The number of hydrogen-bond donors (Lipinski definition) is 1. The first kappa shape index (κ1) is 16.6. The van der Waals surface area contributed by atoms with Crippen molar-refractivity contribution in [2.75, 3.05) is 6.54 Å². The highest BCUT2D eigenvalue weighted by molar-refractivity contribution is 7.13. The smallest absolute Gasteiger partial charge is 0.263 e. The molecule has 0 bridgehead atoms. The van der Waals surface area contributed by atoms with E-state index in [0.29, 0.717) is 17.3 Å². The van der Waals surface area contributed by atoms with Gasteiger partial charge in [-0.2, -0.15) is 0 Å². The largest absolute Gasteiger partial charge is 0.351 e. The summed E-state index contributed by atoms with van der Waals surface area (Å²) >= 11 is 1.48. The van der Waals surface area contributed by atoms with Crippen molar-refractivity contribution in [2.24, 2.45) is 0 Å². The molecule has 6 nitrogen and oxygen atoms in total. The third kappa shape index (κ3) is 3.46. The molecule has 0 atom stereocenters. The average Bonchev–Trinajstić information content (AvgIpc) is 3.15. The van der Waals surface area contributed by atoms with Gasteiger partial charge in [-0.1, -0.05) is 19.9 Å². The van der Waals surface area contributed by atoms with Gasteiger partial charge >= 0.3 is 0 Å². The number of carbonyl (C=O) groups excluding carboxylic acids is 1. The van der Waals surface area contributed by atoms with E-state index >= 15 is 0 Å². The van der Waals surface area contributed by atoms with Gasteiger partial charge in [-0.3, -0.25) is 9.20 Å². The fraction of sp³-hybridized carbons (Fsp3) is 0.412. The Morgan fingerprint density at radius 3 is 2.92 bits per heavy atom. The maximum atomic E-state index is 12.3. The van der Waals surface area contributed by atoms with Crippen LogP contribution in [0.25, 0.3) is 5.65 Å². The number of hydrogen-bond acceptors (Lipinski definition) is 5. The molecule has 0 spiro atoms. The molecule has 24 heavy (non-hydrogen) atoms. The molecule has 0 saturated carbocycles. The quantitative estimate of drug-likeness (QED) is 0.699. The number of pyridine rings is 1. The van der Waals surface area contributed by atoms with Gasteiger partial charge in [-0.15, -0.1) is 21.5 Å². The normalized spacial score (nSPS) is 11.3. The molecule has 0 aliphatic heterocycles. The lowest BCUT2D eigenvalue weighted by Crippen LogP contribution is -2.24. The van der Waals surface area contributed by atoms with Crippen LogP contribution in [0.5, 0.6) is 0 Å². The Labute approximate surface area is 145 Å². The van der Waals surface area contributed by atoms with Crippen LogP contribution in [0.4, 0.5) is 0 Å². The lowest BCUT2D eigenvalue weighted by molar-refractivity contribution is 0.0956. The number of amides is 1. The van der Waals surface area contributed by atoms with Crippen molar-refractivity contribution >= 4 is 22.9 Å². The first-order valence-corrected chi connectivity index (χ1v) is 8.92. The highest BCUT2D eigenvalue weighted by Gasteiger charge is 2.16. The van der Waals surface area contributed by atoms with Gasteiger partial charge in [0, 0.05) is 25.1 Å². The topological polar surface area (TPSA) is 72.2 Å². The zero-order chi connectivity index (χ0) is 17.1. The van der Waals surface area contributed by atoms with Gasteiger partial charge < -0.3 is 5.32 Å². The Bertz CT molecular complexity index is 852. The number of aryl methyl sites for hydroxylation is 2. The minimum absolute atomic E-state index is 0.0389. The van der Waals surface area contributed by atoms with Crippen molar-refractivity contribution < 1.29 is 4.79 Å². The van der Waals surface area contributed by atoms with Gasteiger partial charge in [0.25, 0.3) is 5.91 Å². The molecule has 1 N–H and O–H groups in total. The Morgan fingerprint density at radius 2 is 2.17 bits per heavy atom. The second-order valence-electron chi connectivity index (χ2n) is 6.03. The molecule has 126 valence electrons. The molecule has 3 rings (SSSR count). The summed E-state index contributed by atoms with van der Waals surface area (Å²) in [4.78, 5) is 17.5. The van der Waals surface area contributed by atoms with Crippen molar-refractivity contribution in [1.82, 2.24) is 24.9 Å². The molecule has 3 aromatic heterocycles. The van der Waals surface area contributed by atoms with Crippen molar-refractivity contribution in [2.45, 2.75) is 39.5 Å². The molecule has 3 aromatic rings. The number of aromatic nitrogens is 4. The van der Waals surface area contributed by atoms with Gasteiger partial charge in [0.1, 0.15) is 10.7 Å². The van der Waals surface area contributed by atoms with E-state index in [4.69, 9.17) is 0 Å². The standard InChI is InChI=1S/C17H21N5OS/c1-11(2)17-19-12(3)15(24-17)16(23)18-9-6-8-14-21-20-13-7-4-5-10-22(13)14/h4-5,7,10-11H,6,8-9H2,1-3H3,(H,18,23). The molecule has 0 unspecified atom stereocenters. The van der Waals surface area contributed by atoms with E-state index in [9.17, 15) is 4.79 Å². The summed E-state index contributed by atoms with van der Waals surface area (Å²) in [5, 5.41) is 12.3. The molecule has 1 amide bonds. The number of nitrogens with zero attached hydrogens (tertiary/aromatic N) is 4. The third-order valence-corrected chi connectivity index (χ3v) is 5.22. The first-order chi connectivity index (χ1) is 11.6. The van der Waals surface area contributed by atoms with Crippen LogP contribution in [0.3, 0.4) is 0 Å². The van der Waals surface area contributed by atoms with Crippen molar-refractivity contribution in [3.8, 4) is 0 Å². The van der Waals surface area contributed by atoms with Crippen LogP contribution in [0.1, 0.15) is 52.4 Å². The molecular formula is C17H21N5OS. The van der Waals surface area contributed by atoms with Gasteiger partial charge in [0.05, 0.1) is 10.7 Å². The highest BCUT2D eigenvalue weighted by atomic mass is 32.1. The number of carbonyl (C=O) groups is 1. The van der Waals surface area contributed by atoms with Crippen LogP contribution >= 0.6 is 11.3 Å². The van der Waals surface area contributed by atoms with E-state index < -0.39 is 0 Å². The van der Waals surface area contributed by atoms with E-state index in [1.165, 1.54) is 11.3 Å². The summed E-state index contributed by atoms with van der Waals surface area (Å²) in [5.74, 6) is 1.22. The summed E-state index contributed by atoms with van der Waals surface area (Å²) in [5.41, 5.74) is 1.66. The van der Waals surface area contributed by atoms with E-state index in [1.807, 2.05) is 35.7 Å². The van der Waals surface area contributed by atoms with E-state index in [2.05, 4.69) is 34.3 Å². The Hall–Kier alpha value is -2.28. The molecule has 0 radical (unpaired) electrons. The van der Waals surface area contributed by atoms with Crippen LogP contribution in [-0.2, 0) is 6.42 Å². The highest BCUT2D eigenvalue weighted by Crippen LogP contribution is 2.24. The molecule has 0 saturated heterocycles. The van der Waals surface area contributed by atoms with Crippen molar-refractivity contribution in [1.29, 1.82) is 0 Å². The lowest BCUT2D eigenvalue weighted by atomic mass is 10.2. The minimum atomic E-state index is -0.0389. The number of nitrogens with one attached hydrogen (secondary N) is 1. The second-order valence-corrected chi connectivity index (χ2v) is 7.06. The summed E-state index contributed by atoms with van der Waals surface area (Å²) in [7, 11) is 0. The maximum Gasteiger partial charge on any atom is 0.263 e. The molecule has 0 aliphatic carbocycles. The average molecular weight is 343 g/mol. The lowest BCUT2D eigenvalue weighted by Gasteiger charge is -2.04. The van der Waals surface area contributed by atoms with E-state index in [1.54, 1.807) is 0 Å². The van der Waals surface area contributed by atoms with E-state index in [0.717, 1.165) is 35.0 Å². The molecule has 3 heterocycles. The van der Waals surface area contributed by atoms with Gasteiger partial charge in [-0.05, 0) is 25.5 Å². The number of thiazole rings is 1. The fourth-order valence-electron chi connectivity index (χ4n) is 2.47. The van der Waals surface area contributed by atoms with Crippen molar-refractivity contribution in [3.63, 3.8) is 0 Å². The summed E-state index contributed by atoms with van der Waals surface area (Å²) < 4.78 is 1.98. The predicted octanol–water partition coefficient (Wildman–Crippen LogP) is 2.98. The molecule has 0 aromatic carbocycles. The second kappa shape index (κ2) is 7.09. The predicted molar refractivity (Wildman–Crippen MR) is 94.6 cm³/mol. The van der Waals surface area contributed by atoms with Crippen LogP contribution in [0.15, 0.2) is 24.4 Å². The van der Waals surface area contributed by atoms with E-state index in [-0.39, 0.29) is 5.91 Å². The first-order valence-electron chi connectivity index (χ1n) is 8.10. The molecular weight excluding hydrogens is 322 g/mol. The fourth-order valence-corrected chi connectivity index (χ4v) is 3.45. The minimum Gasteiger partial charge on any atom is -0.351 e. The maximum absolute atomic E-state index is 12.3. The summed E-state index contributed by atoms with van der Waals surface area (Å²) in [6.45, 7) is 6.67. The molecule has 0 aliphatic rings. The monoisotopic (exact) mass is 343 g/mol. The zero-order valence-electron chi connectivity index (χ0n) is 14.1. The zero-order valence-corrected chi connectivity index (χ0v) is 14.9. The number of fused-ring (bicyclic) bond motifs is 1. The molecule has 0 fully saturated rings. The Kier molecular flexibility index (Phi) is 4.89. The van der Waals surface area contributed by atoms with Crippen LogP contribution < -0.4 is 5.32 Å². The third-order valence-electron chi connectivity index (χ3n) is 3.76. The van der Waals surface area contributed by atoms with Gasteiger partial charge in [0.2, 0.25) is 0 Å². The summed E-state index contributed by atoms with van der Waals surface area (Å²) in [6, 6.07) is 5.83. The van der Waals surface area contributed by atoms with Gasteiger partial charge in [0.15, 0.2) is 5.65 Å². The summed E-state index contributed by atoms with van der Waals surface area (Å²) in [6.07, 6.45) is 3.54. The van der Waals surface area contributed by atoms with Gasteiger partial charge in [-0.25, -0.2) is 4.98 Å².